The van der Waals surface area contributed by atoms with E-state index in [1.165, 1.54) is 19.3 Å². The van der Waals surface area contributed by atoms with Crippen LogP contribution in [0.5, 0.6) is 0 Å². The predicted octanol–water partition coefficient (Wildman–Crippen LogP) is 3.24. The highest BCUT2D eigenvalue weighted by molar-refractivity contribution is 5.08. The minimum absolute atomic E-state index is 0.647. The third kappa shape index (κ3) is 3.06. The molecule has 11 heavy (non-hydrogen) atoms. The van der Waals surface area contributed by atoms with Gasteiger partial charge >= 0.3 is 0 Å². The van der Waals surface area contributed by atoms with E-state index < -0.39 is 0 Å². The molecule has 0 aromatic carbocycles. The van der Waals surface area contributed by atoms with Gasteiger partial charge in [-0.1, -0.05) is 30.9 Å². The number of allylic oxidation sites excluding steroid dienone is 5. The quantitative estimate of drug-likeness (QED) is 0.319. The van der Waals surface area contributed by atoms with Crippen molar-refractivity contribution in [3.8, 4) is 0 Å². The van der Waals surface area contributed by atoms with Crippen LogP contribution in [0.25, 0.3) is 0 Å². The Kier molecular flexibility index (Phi) is 3.51. The molecule has 0 saturated carbocycles. The maximum absolute atomic E-state index is 3.49. The molecular formula is C11H14. The minimum atomic E-state index is 0.647. The molecule has 58 valence electrons. The van der Waals surface area contributed by atoms with Gasteiger partial charge in [0.05, 0.1) is 0 Å². The smallest absolute Gasteiger partial charge is 0.00501 e. The first-order chi connectivity index (χ1) is 5.43. The van der Waals surface area contributed by atoms with Crippen LogP contribution in [0.2, 0.25) is 0 Å². The first-order valence-corrected chi connectivity index (χ1v) is 4.13. The van der Waals surface area contributed by atoms with Crippen molar-refractivity contribution in [2.45, 2.75) is 19.3 Å². The van der Waals surface area contributed by atoms with E-state index >= 15 is 0 Å². The predicted molar refractivity (Wildman–Crippen MR) is 49.3 cm³/mol. The number of hydrogen-bond acceptors (Lipinski definition) is 0. The molecule has 0 fully saturated rings. The fraction of sp³-hybridized carbons (Fsp3) is 0.364. The summed E-state index contributed by atoms with van der Waals surface area (Å²) in [5, 5.41) is 0. The molecule has 0 amide bonds. The second-order valence-corrected chi connectivity index (χ2v) is 2.78. The summed E-state index contributed by atoms with van der Waals surface area (Å²) in [5.74, 6) is 0.647. The van der Waals surface area contributed by atoms with Crippen LogP contribution in [-0.4, -0.2) is 0 Å². The van der Waals surface area contributed by atoms with Crippen molar-refractivity contribution >= 4 is 0 Å². The lowest BCUT2D eigenvalue weighted by molar-refractivity contribution is 0.631. The standard InChI is InChI=1S/C11H14/c1-2-3-5-8-11-9-6-4-7-10-11/h3,5-6,8-9,11H,1,4,7,10H2. The third-order valence-corrected chi connectivity index (χ3v) is 1.86. The Hall–Kier alpha value is -1.00. The van der Waals surface area contributed by atoms with E-state index in [1.54, 1.807) is 0 Å². The minimum Gasteiger partial charge on any atom is -0.129 e. The lowest BCUT2D eigenvalue weighted by atomic mass is 9.96. The summed E-state index contributed by atoms with van der Waals surface area (Å²) in [5.41, 5.74) is 2.72. The van der Waals surface area contributed by atoms with Gasteiger partial charge < -0.3 is 0 Å². The van der Waals surface area contributed by atoms with Crippen molar-refractivity contribution in [3.63, 3.8) is 0 Å². The van der Waals surface area contributed by atoms with Crippen LogP contribution in [0.3, 0.4) is 0 Å². The molecule has 0 bridgehead atoms. The van der Waals surface area contributed by atoms with Crippen LogP contribution < -0.4 is 0 Å². The van der Waals surface area contributed by atoms with Crippen molar-refractivity contribution in [3.05, 3.63) is 42.7 Å². The van der Waals surface area contributed by atoms with Crippen molar-refractivity contribution in [1.29, 1.82) is 0 Å². The molecule has 1 rings (SSSR count). The van der Waals surface area contributed by atoms with Gasteiger partial charge in [-0.15, -0.1) is 5.73 Å². The fourth-order valence-corrected chi connectivity index (χ4v) is 1.27. The van der Waals surface area contributed by atoms with Gasteiger partial charge in [0.15, 0.2) is 0 Å². The molecule has 1 aliphatic carbocycles. The lowest BCUT2D eigenvalue weighted by Crippen LogP contribution is -1.95. The molecule has 0 spiro atoms. The molecule has 1 atom stereocenters. The highest BCUT2D eigenvalue weighted by atomic mass is 14.1. The molecule has 0 heteroatoms. The van der Waals surface area contributed by atoms with Crippen LogP contribution in [0.15, 0.2) is 42.7 Å². The summed E-state index contributed by atoms with van der Waals surface area (Å²) >= 11 is 0. The molecule has 0 aromatic heterocycles. The van der Waals surface area contributed by atoms with Gasteiger partial charge in [-0.25, -0.2) is 0 Å². The van der Waals surface area contributed by atoms with Crippen LogP contribution in [0.1, 0.15) is 19.3 Å². The zero-order valence-electron chi connectivity index (χ0n) is 6.79. The first-order valence-electron chi connectivity index (χ1n) is 4.13. The molecule has 0 heterocycles. The third-order valence-electron chi connectivity index (χ3n) is 1.86. The first kappa shape index (κ1) is 8.10. The Morgan fingerprint density at radius 3 is 3.09 bits per heavy atom. The summed E-state index contributed by atoms with van der Waals surface area (Å²) < 4.78 is 0. The van der Waals surface area contributed by atoms with Gasteiger partial charge in [-0.05, 0) is 31.3 Å². The summed E-state index contributed by atoms with van der Waals surface area (Å²) in [6.45, 7) is 3.49. The van der Waals surface area contributed by atoms with Gasteiger partial charge in [0.1, 0.15) is 0 Å². The Morgan fingerprint density at radius 2 is 2.45 bits per heavy atom. The van der Waals surface area contributed by atoms with E-state index in [2.05, 4.69) is 30.5 Å². The molecule has 1 aliphatic rings. The van der Waals surface area contributed by atoms with Crippen LogP contribution in [0, 0.1) is 5.92 Å². The summed E-state index contributed by atoms with van der Waals surface area (Å²) in [4.78, 5) is 0. The van der Waals surface area contributed by atoms with E-state index in [-0.39, 0.29) is 0 Å². The van der Waals surface area contributed by atoms with Crippen molar-refractivity contribution in [2.75, 3.05) is 0 Å². The molecule has 0 aromatic rings. The summed E-state index contributed by atoms with van der Waals surface area (Å²) in [7, 11) is 0. The zero-order chi connectivity index (χ0) is 7.94. The normalized spacial score (nSPS) is 23.5. The molecule has 0 radical (unpaired) electrons. The van der Waals surface area contributed by atoms with E-state index in [0.29, 0.717) is 5.92 Å². The van der Waals surface area contributed by atoms with Crippen LogP contribution >= 0.6 is 0 Å². The maximum atomic E-state index is 3.49. The average molecular weight is 146 g/mol. The van der Waals surface area contributed by atoms with Crippen LogP contribution in [0.4, 0.5) is 0 Å². The molecular weight excluding hydrogens is 132 g/mol. The van der Waals surface area contributed by atoms with E-state index in [4.69, 9.17) is 0 Å². The van der Waals surface area contributed by atoms with Gasteiger partial charge in [-0.2, -0.15) is 0 Å². The van der Waals surface area contributed by atoms with E-state index in [9.17, 15) is 0 Å². The van der Waals surface area contributed by atoms with Crippen molar-refractivity contribution in [1.82, 2.24) is 0 Å². The Morgan fingerprint density at radius 1 is 1.55 bits per heavy atom. The Bertz CT molecular complexity index is 202. The van der Waals surface area contributed by atoms with Gasteiger partial charge in [-0.3, -0.25) is 0 Å². The van der Waals surface area contributed by atoms with Crippen molar-refractivity contribution in [2.24, 2.45) is 5.92 Å². The van der Waals surface area contributed by atoms with E-state index in [1.807, 2.05) is 12.2 Å². The lowest BCUT2D eigenvalue weighted by Gasteiger charge is -2.10. The monoisotopic (exact) mass is 146 g/mol. The van der Waals surface area contributed by atoms with Crippen LogP contribution in [-0.2, 0) is 0 Å². The molecule has 0 nitrogen and oxygen atoms in total. The summed E-state index contributed by atoms with van der Waals surface area (Å²) in [6, 6.07) is 0. The molecule has 0 saturated heterocycles. The van der Waals surface area contributed by atoms with Crippen molar-refractivity contribution < 1.29 is 0 Å². The molecule has 0 N–H and O–H groups in total. The maximum Gasteiger partial charge on any atom is -0.00501 e. The SMILES string of the molecule is C=C=CC=CC1C=CCCC1. The second-order valence-electron chi connectivity index (χ2n) is 2.78. The highest BCUT2D eigenvalue weighted by Gasteiger charge is 2.02. The fourth-order valence-electron chi connectivity index (χ4n) is 1.27. The largest absolute Gasteiger partial charge is 0.129 e. The van der Waals surface area contributed by atoms with E-state index in [0.717, 1.165) is 0 Å². The topological polar surface area (TPSA) is 0 Å². The molecule has 0 aliphatic heterocycles. The van der Waals surface area contributed by atoms with Gasteiger partial charge in [0.2, 0.25) is 0 Å². The zero-order valence-corrected chi connectivity index (χ0v) is 6.79. The van der Waals surface area contributed by atoms with Gasteiger partial charge in [0, 0.05) is 0 Å². The van der Waals surface area contributed by atoms with Gasteiger partial charge in [0.25, 0.3) is 0 Å². The Balaban J connectivity index is 2.41. The second kappa shape index (κ2) is 4.76. The average Bonchev–Trinajstić information content (AvgIpc) is 2.07. The summed E-state index contributed by atoms with van der Waals surface area (Å²) in [6.07, 6.45) is 14.5. The number of hydrogen-bond donors (Lipinski definition) is 0. The highest BCUT2D eigenvalue weighted by Crippen LogP contribution is 2.17. The number of rotatable bonds is 2. The molecule has 1 unspecified atom stereocenters. The Labute approximate surface area is 68.6 Å².